The maximum atomic E-state index is 10.8. The largest absolute Gasteiger partial charge is 0.312 e. The molecule has 0 aromatic heterocycles. The van der Waals surface area contributed by atoms with Crippen molar-refractivity contribution in [2.45, 2.75) is 0 Å². The standard InChI is InChI=1S/C2H4N2O2S6/c5-1(3(7)8)11-12-2(6)4(9)10/h7-10H. The van der Waals surface area contributed by atoms with Gasteiger partial charge in [-0.15, -0.1) is 0 Å². The first kappa shape index (κ1) is 13.0. The second-order valence-corrected chi connectivity index (χ2v) is 5.54. The van der Waals surface area contributed by atoms with Crippen LogP contribution in [0.25, 0.3) is 0 Å². The number of hydrogen-bond acceptors (Lipinski definition) is 8. The predicted molar refractivity (Wildman–Crippen MR) is 65.6 cm³/mol. The van der Waals surface area contributed by atoms with E-state index in [1.807, 2.05) is 0 Å². The van der Waals surface area contributed by atoms with Crippen molar-refractivity contribution >= 4 is 83.3 Å². The monoisotopic (exact) mass is 280 g/mol. The minimum Gasteiger partial charge on any atom is -0.259 e. The van der Waals surface area contributed by atoms with E-state index in [1.54, 1.807) is 0 Å². The van der Waals surface area contributed by atoms with Gasteiger partial charge in [0, 0.05) is 21.6 Å². The summed E-state index contributed by atoms with van der Waals surface area (Å²) >= 11 is 14.4. The minimum atomic E-state index is -0.469. The maximum Gasteiger partial charge on any atom is 0.312 e. The van der Waals surface area contributed by atoms with Crippen LogP contribution in [0.3, 0.4) is 0 Å². The molecule has 10 heteroatoms. The van der Waals surface area contributed by atoms with E-state index in [1.165, 1.54) is 0 Å². The molecule has 0 aromatic carbocycles. The van der Waals surface area contributed by atoms with E-state index in [0.29, 0.717) is 21.6 Å². The molecule has 0 unspecified atom stereocenters. The molecule has 70 valence electrons. The number of carbonyl (C=O) groups is 2. The Morgan fingerprint density at radius 2 is 1.08 bits per heavy atom. The van der Waals surface area contributed by atoms with Crippen LogP contribution in [0.1, 0.15) is 0 Å². The Morgan fingerprint density at radius 1 is 0.833 bits per heavy atom. The van der Waals surface area contributed by atoms with Gasteiger partial charge in [-0.3, -0.25) is 9.59 Å². The molecule has 0 radical (unpaired) electrons. The second kappa shape index (κ2) is 6.49. The first-order chi connectivity index (χ1) is 5.45. The summed E-state index contributed by atoms with van der Waals surface area (Å²) in [5.41, 5.74) is 0. The zero-order valence-electron chi connectivity index (χ0n) is 5.32. The Hall–Kier alpha value is 1.04. The van der Waals surface area contributed by atoms with Gasteiger partial charge in [0.05, 0.1) is 0 Å². The van der Waals surface area contributed by atoms with E-state index >= 15 is 0 Å². The second-order valence-electron chi connectivity index (χ2n) is 1.28. The summed E-state index contributed by atoms with van der Waals surface area (Å²) < 4.78 is 1.54. The number of nitrogens with zero attached hydrogens (tertiary/aromatic N) is 2. The molecule has 0 fully saturated rings. The van der Waals surface area contributed by atoms with Gasteiger partial charge < -0.3 is 0 Å². The van der Waals surface area contributed by atoms with Gasteiger partial charge >= 0.3 is 10.5 Å². The summed E-state index contributed by atoms with van der Waals surface area (Å²) in [4.78, 5) is 21.5. The van der Waals surface area contributed by atoms with Crippen LogP contribution in [0.15, 0.2) is 0 Å². The lowest BCUT2D eigenvalue weighted by Gasteiger charge is -2.06. The fourth-order valence-electron chi connectivity index (χ4n) is 0.138. The van der Waals surface area contributed by atoms with E-state index in [-0.39, 0.29) is 0 Å². The van der Waals surface area contributed by atoms with Crippen molar-refractivity contribution in [3.8, 4) is 0 Å². The van der Waals surface area contributed by atoms with Gasteiger partial charge in [-0.2, -0.15) is 0 Å². The molecule has 0 aliphatic carbocycles. The van der Waals surface area contributed by atoms with Crippen LogP contribution in [0.4, 0.5) is 9.59 Å². The molecule has 0 heterocycles. The number of thiol groups is 4. The first-order valence-corrected chi connectivity index (χ1v) is 5.98. The molecule has 0 spiro atoms. The normalized spacial score (nSPS) is 9.33. The molecule has 0 N–H and O–H groups in total. The summed E-state index contributed by atoms with van der Waals surface area (Å²) in [5.74, 6) is 0. The maximum absolute atomic E-state index is 10.8. The zero-order valence-corrected chi connectivity index (χ0v) is 10.5. The average Bonchev–Trinajstić information content (AvgIpc) is 1.98. The highest BCUT2D eigenvalue weighted by Crippen LogP contribution is 2.29. The smallest absolute Gasteiger partial charge is 0.259 e. The van der Waals surface area contributed by atoms with Crippen molar-refractivity contribution in [1.29, 1.82) is 0 Å². The van der Waals surface area contributed by atoms with Crippen LogP contribution in [-0.2, 0) is 0 Å². The van der Waals surface area contributed by atoms with Crippen molar-refractivity contribution < 1.29 is 9.59 Å². The van der Waals surface area contributed by atoms with Gasteiger partial charge in [0.1, 0.15) is 0 Å². The summed E-state index contributed by atoms with van der Waals surface area (Å²) in [6.45, 7) is 0. The molecule has 0 saturated carbocycles. The van der Waals surface area contributed by atoms with Crippen molar-refractivity contribution in [2.75, 3.05) is 0 Å². The van der Waals surface area contributed by atoms with Crippen LogP contribution < -0.4 is 0 Å². The van der Waals surface area contributed by atoms with E-state index < -0.39 is 10.5 Å². The molecule has 2 amide bonds. The zero-order chi connectivity index (χ0) is 9.72. The van der Waals surface area contributed by atoms with Crippen LogP contribution in [0.5, 0.6) is 0 Å². The molecule has 4 nitrogen and oxygen atoms in total. The van der Waals surface area contributed by atoms with E-state index in [4.69, 9.17) is 0 Å². The van der Waals surface area contributed by atoms with Crippen LogP contribution >= 0.6 is 72.8 Å². The number of hydrogen-bond donors (Lipinski definition) is 4. The third-order valence-corrected chi connectivity index (χ3v) is 3.62. The van der Waals surface area contributed by atoms with Crippen molar-refractivity contribution in [3.05, 3.63) is 0 Å². The molecule has 0 atom stereocenters. The fraction of sp³-hybridized carbons (Fsp3) is 0. The number of amides is 2. The molecule has 0 aliphatic heterocycles. The van der Waals surface area contributed by atoms with E-state index in [2.05, 4.69) is 51.3 Å². The Kier molecular flexibility index (Phi) is 7.05. The summed E-state index contributed by atoms with van der Waals surface area (Å²) in [7, 11) is 1.37. The molecule has 0 aromatic rings. The Morgan fingerprint density at radius 3 is 1.25 bits per heavy atom. The van der Waals surface area contributed by atoms with Gasteiger partial charge in [-0.25, -0.2) is 7.42 Å². The van der Waals surface area contributed by atoms with E-state index in [0.717, 1.165) is 7.42 Å². The minimum absolute atomic E-state index is 0.469. The third-order valence-electron chi connectivity index (χ3n) is 0.511. The quantitative estimate of drug-likeness (QED) is 0.407. The molecular weight excluding hydrogens is 276 g/mol. The lowest BCUT2D eigenvalue weighted by atomic mass is 11.4. The molecule has 12 heavy (non-hydrogen) atoms. The van der Waals surface area contributed by atoms with Gasteiger partial charge in [0.15, 0.2) is 0 Å². The van der Waals surface area contributed by atoms with Crippen molar-refractivity contribution in [3.63, 3.8) is 0 Å². The summed E-state index contributed by atoms with van der Waals surface area (Å²) in [5, 5.41) is -0.938. The van der Waals surface area contributed by atoms with Gasteiger partial charge in [-0.05, 0) is 0 Å². The Labute approximate surface area is 99.8 Å². The summed E-state index contributed by atoms with van der Waals surface area (Å²) in [6, 6.07) is 0. The Balaban J connectivity index is 3.69. The molecular formula is C2H4N2O2S6. The SMILES string of the molecule is O=C(SSC(=O)N(S)S)N(S)S. The lowest BCUT2D eigenvalue weighted by molar-refractivity contribution is 0.258. The average molecular weight is 280 g/mol. The predicted octanol–water partition coefficient (Wildman–Crippen LogP) is 2.59. The highest BCUT2D eigenvalue weighted by Gasteiger charge is 2.13. The molecule has 0 aliphatic rings. The van der Waals surface area contributed by atoms with Crippen molar-refractivity contribution in [1.82, 2.24) is 7.42 Å². The summed E-state index contributed by atoms with van der Waals surface area (Å²) in [6.07, 6.45) is 0. The number of rotatable bonds is 0. The number of carbonyl (C=O) groups excluding carboxylic acids is 2. The molecule has 0 saturated heterocycles. The fourth-order valence-corrected chi connectivity index (χ4v) is 2.44. The third kappa shape index (κ3) is 5.65. The van der Waals surface area contributed by atoms with Crippen LogP contribution in [0.2, 0.25) is 0 Å². The van der Waals surface area contributed by atoms with Crippen LogP contribution in [0, 0.1) is 0 Å². The van der Waals surface area contributed by atoms with Gasteiger partial charge in [0.25, 0.3) is 0 Å². The topological polar surface area (TPSA) is 40.6 Å². The highest BCUT2D eigenvalue weighted by atomic mass is 33.1. The van der Waals surface area contributed by atoms with Crippen molar-refractivity contribution in [2.24, 2.45) is 0 Å². The Bertz CT molecular complexity index is 162. The van der Waals surface area contributed by atoms with Gasteiger partial charge in [-0.1, -0.05) is 51.3 Å². The lowest BCUT2D eigenvalue weighted by Crippen LogP contribution is -2.06. The molecule has 0 rings (SSSR count). The highest BCUT2D eigenvalue weighted by molar-refractivity contribution is 8.87. The van der Waals surface area contributed by atoms with Crippen LogP contribution in [-0.4, -0.2) is 17.9 Å². The van der Waals surface area contributed by atoms with E-state index in [9.17, 15) is 9.59 Å². The first-order valence-electron chi connectivity index (χ1n) is 2.23. The van der Waals surface area contributed by atoms with Gasteiger partial charge in [0.2, 0.25) is 0 Å². The molecule has 0 bridgehead atoms.